The van der Waals surface area contributed by atoms with Gasteiger partial charge in [-0.3, -0.25) is 4.79 Å². The second-order valence-corrected chi connectivity index (χ2v) is 7.21. The minimum Gasteiger partial charge on any atom is -0.493 e. The summed E-state index contributed by atoms with van der Waals surface area (Å²) in [6.07, 6.45) is 0. The maximum atomic E-state index is 12.8. The molecule has 0 saturated heterocycles. The lowest BCUT2D eigenvalue weighted by Gasteiger charge is -2.10. The molecular weight excluding hydrogens is 349 g/mol. The van der Waals surface area contributed by atoms with Crippen LogP contribution in [0.1, 0.15) is 10.4 Å². The molecule has 2 aromatic carbocycles. The number of rotatable bonds is 7. The number of methoxy groups -OCH3 is 2. The number of carbonyl (C=O) groups excluding carboxylic acids is 1. The Hall–Kier alpha value is -2.61. The summed E-state index contributed by atoms with van der Waals surface area (Å²) in [5.74, 6) is -0.477. The quantitative estimate of drug-likeness (QED) is 0.810. The molecule has 0 aliphatic heterocycles. The largest absolute Gasteiger partial charge is 0.493 e. The first-order valence-electron chi connectivity index (χ1n) is 7.36. The van der Waals surface area contributed by atoms with Crippen molar-refractivity contribution in [3.63, 3.8) is 0 Å². The van der Waals surface area contributed by atoms with Crippen LogP contribution in [0.3, 0.4) is 0 Å². The topological polar surface area (TPSA) is 81.7 Å². The molecule has 0 aromatic heterocycles. The lowest BCUT2D eigenvalue weighted by molar-refractivity contribution is 0.0956. The van der Waals surface area contributed by atoms with E-state index in [0.717, 1.165) is 12.1 Å². The molecule has 1 N–H and O–H groups in total. The van der Waals surface area contributed by atoms with Gasteiger partial charge in [-0.25, -0.2) is 12.8 Å². The van der Waals surface area contributed by atoms with Gasteiger partial charge in [0.15, 0.2) is 21.3 Å². The summed E-state index contributed by atoms with van der Waals surface area (Å²) in [7, 11) is -0.743. The van der Waals surface area contributed by atoms with E-state index in [1.165, 1.54) is 44.6 Å². The van der Waals surface area contributed by atoms with Gasteiger partial charge < -0.3 is 14.8 Å². The molecule has 0 aliphatic rings. The summed E-state index contributed by atoms with van der Waals surface area (Å²) < 4.78 is 47.7. The molecule has 0 atom stereocenters. The maximum absolute atomic E-state index is 12.8. The summed E-state index contributed by atoms with van der Waals surface area (Å²) in [4.78, 5) is 12.0. The Bertz CT molecular complexity index is 850. The Morgan fingerprint density at radius 2 is 1.68 bits per heavy atom. The molecule has 6 nitrogen and oxygen atoms in total. The van der Waals surface area contributed by atoms with E-state index in [9.17, 15) is 17.6 Å². The molecule has 0 bridgehead atoms. The lowest BCUT2D eigenvalue weighted by Crippen LogP contribution is -2.29. The Labute approximate surface area is 145 Å². The molecular formula is C17H18FNO5S. The van der Waals surface area contributed by atoms with Crippen LogP contribution in [0.5, 0.6) is 11.5 Å². The number of nitrogens with one attached hydrogen (secondary N) is 1. The molecule has 0 fully saturated rings. The second kappa shape index (κ2) is 7.98. The number of benzene rings is 2. The van der Waals surface area contributed by atoms with Crippen LogP contribution in [0, 0.1) is 5.82 Å². The third-order valence-electron chi connectivity index (χ3n) is 3.48. The van der Waals surface area contributed by atoms with Gasteiger partial charge in [-0.05, 0) is 36.4 Å². The van der Waals surface area contributed by atoms with Crippen LogP contribution in [0.15, 0.2) is 47.4 Å². The third-order valence-corrected chi connectivity index (χ3v) is 5.19. The number of hydrogen-bond donors (Lipinski definition) is 1. The number of sulfone groups is 1. The van der Waals surface area contributed by atoms with Crippen molar-refractivity contribution in [2.45, 2.75) is 4.90 Å². The molecule has 0 saturated carbocycles. The average Bonchev–Trinajstić information content (AvgIpc) is 2.61. The van der Waals surface area contributed by atoms with Crippen LogP contribution in [0.4, 0.5) is 4.39 Å². The summed E-state index contributed by atoms with van der Waals surface area (Å²) in [5.41, 5.74) is 0.255. The van der Waals surface area contributed by atoms with Gasteiger partial charge >= 0.3 is 0 Å². The van der Waals surface area contributed by atoms with Crippen molar-refractivity contribution in [2.24, 2.45) is 0 Å². The number of hydrogen-bond acceptors (Lipinski definition) is 5. The molecule has 2 aromatic rings. The van der Waals surface area contributed by atoms with E-state index >= 15 is 0 Å². The van der Waals surface area contributed by atoms with E-state index in [1.807, 2.05) is 0 Å². The highest BCUT2D eigenvalue weighted by Gasteiger charge is 2.17. The smallest absolute Gasteiger partial charge is 0.251 e. The normalized spacial score (nSPS) is 11.0. The SMILES string of the molecule is COc1ccc(S(=O)(=O)CCNC(=O)c2ccc(F)cc2)cc1OC. The Morgan fingerprint density at radius 3 is 2.28 bits per heavy atom. The van der Waals surface area contributed by atoms with Crippen molar-refractivity contribution in [3.8, 4) is 11.5 Å². The van der Waals surface area contributed by atoms with E-state index in [-0.39, 0.29) is 22.8 Å². The van der Waals surface area contributed by atoms with Crippen molar-refractivity contribution in [1.82, 2.24) is 5.32 Å². The summed E-state index contributed by atoms with van der Waals surface area (Å²) in [6, 6.07) is 9.27. The van der Waals surface area contributed by atoms with Crippen LogP contribution in [0.25, 0.3) is 0 Å². The van der Waals surface area contributed by atoms with Gasteiger partial charge in [-0.2, -0.15) is 0 Å². The Morgan fingerprint density at radius 1 is 1.04 bits per heavy atom. The molecule has 2 rings (SSSR count). The standard InChI is InChI=1S/C17H18FNO5S/c1-23-15-8-7-14(11-16(15)24-2)25(21,22)10-9-19-17(20)12-3-5-13(18)6-4-12/h3-8,11H,9-10H2,1-2H3,(H,19,20). The molecule has 8 heteroatoms. The number of carbonyl (C=O) groups is 1. The number of amides is 1. The van der Waals surface area contributed by atoms with Gasteiger partial charge in [-0.15, -0.1) is 0 Å². The molecule has 0 radical (unpaired) electrons. The van der Waals surface area contributed by atoms with Crippen LogP contribution in [-0.2, 0) is 9.84 Å². The predicted octanol–water partition coefficient (Wildman–Crippen LogP) is 2.05. The van der Waals surface area contributed by atoms with E-state index < -0.39 is 21.6 Å². The highest BCUT2D eigenvalue weighted by molar-refractivity contribution is 7.91. The summed E-state index contributed by atoms with van der Waals surface area (Å²) in [6.45, 7) is -0.0765. The zero-order valence-electron chi connectivity index (χ0n) is 13.8. The zero-order valence-corrected chi connectivity index (χ0v) is 14.6. The van der Waals surface area contributed by atoms with Crippen LogP contribution in [-0.4, -0.2) is 40.8 Å². The zero-order chi connectivity index (χ0) is 18.4. The Kier molecular flexibility index (Phi) is 5.97. The highest BCUT2D eigenvalue weighted by Crippen LogP contribution is 2.29. The monoisotopic (exact) mass is 367 g/mol. The fourth-order valence-electron chi connectivity index (χ4n) is 2.13. The van der Waals surface area contributed by atoms with E-state index in [4.69, 9.17) is 9.47 Å². The van der Waals surface area contributed by atoms with E-state index in [0.29, 0.717) is 11.5 Å². The fourth-order valence-corrected chi connectivity index (χ4v) is 3.30. The van der Waals surface area contributed by atoms with Gasteiger partial charge in [0.1, 0.15) is 5.82 Å². The number of halogens is 1. The minimum atomic E-state index is -3.61. The van der Waals surface area contributed by atoms with Crippen LogP contribution >= 0.6 is 0 Å². The molecule has 0 unspecified atom stereocenters. The van der Waals surface area contributed by atoms with Crippen LogP contribution < -0.4 is 14.8 Å². The molecule has 25 heavy (non-hydrogen) atoms. The fraction of sp³-hybridized carbons (Fsp3) is 0.235. The van der Waals surface area contributed by atoms with Crippen molar-refractivity contribution < 1.29 is 27.1 Å². The van der Waals surface area contributed by atoms with Crippen LogP contribution in [0.2, 0.25) is 0 Å². The average molecular weight is 367 g/mol. The summed E-state index contributed by atoms with van der Waals surface area (Å²) in [5, 5.41) is 2.50. The minimum absolute atomic E-state index is 0.0705. The van der Waals surface area contributed by atoms with Crippen molar-refractivity contribution in [2.75, 3.05) is 26.5 Å². The molecule has 134 valence electrons. The molecule has 0 aliphatic carbocycles. The van der Waals surface area contributed by atoms with Gasteiger partial charge in [-0.1, -0.05) is 0 Å². The first-order valence-corrected chi connectivity index (χ1v) is 9.01. The Balaban J connectivity index is 2.02. The van der Waals surface area contributed by atoms with Gasteiger partial charge in [0.05, 0.1) is 24.9 Å². The van der Waals surface area contributed by atoms with Gasteiger partial charge in [0.2, 0.25) is 0 Å². The third kappa shape index (κ3) is 4.69. The van der Waals surface area contributed by atoms with Crippen molar-refractivity contribution in [1.29, 1.82) is 0 Å². The van der Waals surface area contributed by atoms with E-state index in [1.54, 1.807) is 0 Å². The lowest BCUT2D eigenvalue weighted by atomic mass is 10.2. The van der Waals surface area contributed by atoms with Gasteiger partial charge in [0.25, 0.3) is 5.91 Å². The van der Waals surface area contributed by atoms with Crippen molar-refractivity contribution >= 4 is 15.7 Å². The predicted molar refractivity (Wildman–Crippen MR) is 90.3 cm³/mol. The second-order valence-electron chi connectivity index (χ2n) is 5.10. The first kappa shape index (κ1) is 18.7. The maximum Gasteiger partial charge on any atom is 0.251 e. The molecule has 1 amide bonds. The summed E-state index contributed by atoms with van der Waals surface area (Å²) >= 11 is 0. The number of ether oxygens (including phenoxy) is 2. The van der Waals surface area contributed by atoms with Crippen molar-refractivity contribution in [3.05, 3.63) is 53.8 Å². The molecule has 0 spiro atoms. The highest BCUT2D eigenvalue weighted by atomic mass is 32.2. The van der Waals surface area contributed by atoms with Gasteiger partial charge in [0, 0.05) is 18.2 Å². The first-order chi connectivity index (χ1) is 11.9. The van der Waals surface area contributed by atoms with E-state index in [2.05, 4.69) is 5.32 Å². The molecule has 0 heterocycles.